The molecular weight excluding hydrogens is 321 g/mol. The van der Waals surface area contributed by atoms with Crippen LogP contribution in [0.3, 0.4) is 0 Å². The van der Waals surface area contributed by atoms with Gasteiger partial charge in [0, 0.05) is 6.04 Å². The van der Waals surface area contributed by atoms with E-state index in [2.05, 4.69) is 21.2 Å². The standard InChI is InChI=1S/C12H15BrFNO2S/c1-15-12(9-4-5-18(16,17)7-9)8-2-3-10(13)11(14)6-8/h2-3,6,9,12,15H,4-5,7H2,1H3. The van der Waals surface area contributed by atoms with Crippen LogP contribution in [-0.2, 0) is 9.84 Å². The maximum atomic E-state index is 13.5. The summed E-state index contributed by atoms with van der Waals surface area (Å²) in [6.07, 6.45) is 0.630. The predicted molar refractivity (Wildman–Crippen MR) is 72.7 cm³/mol. The van der Waals surface area contributed by atoms with Crippen molar-refractivity contribution in [3.63, 3.8) is 0 Å². The van der Waals surface area contributed by atoms with E-state index in [1.54, 1.807) is 13.1 Å². The van der Waals surface area contributed by atoms with Crippen molar-refractivity contribution >= 4 is 25.8 Å². The van der Waals surface area contributed by atoms with E-state index in [9.17, 15) is 12.8 Å². The van der Waals surface area contributed by atoms with Gasteiger partial charge in [-0.3, -0.25) is 0 Å². The smallest absolute Gasteiger partial charge is 0.150 e. The minimum atomic E-state index is -2.92. The largest absolute Gasteiger partial charge is 0.313 e. The van der Waals surface area contributed by atoms with E-state index in [0.717, 1.165) is 5.56 Å². The van der Waals surface area contributed by atoms with Gasteiger partial charge in [-0.2, -0.15) is 0 Å². The average Bonchev–Trinajstić information content (AvgIpc) is 2.65. The highest BCUT2D eigenvalue weighted by Crippen LogP contribution is 2.32. The lowest BCUT2D eigenvalue weighted by Gasteiger charge is -2.22. The first-order valence-electron chi connectivity index (χ1n) is 5.75. The van der Waals surface area contributed by atoms with Gasteiger partial charge >= 0.3 is 0 Å². The van der Waals surface area contributed by atoms with Gasteiger partial charge in [0.25, 0.3) is 0 Å². The minimum absolute atomic E-state index is 0.0144. The van der Waals surface area contributed by atoms with Gasteiger partial charge in [-0.1, -0.05) is 6.07 Å². The van der Waals surface area contributed by atoms with Crippen LogP contribution in [0.2, 0.25) is 0 Å². The van der Waals surface area contributed by atoms with Crippen LogP contribution < -0.4 is 5.32 Å². The molecule has 1 aliphatic heterocycles. The summed E-state index contributed by atoms with van der Waals surface area (Å²) in [7, 11) is -1.15. The maximum absolute atomic E-state index is 13.5. The molecule has 0 aromatic heterocycles. The second kappa shape index (κ2) is 5.27. The normalized spacial score (nSPS) is 24.1. The predicted octanol–water partition coefficient (Wildman–Crippen LogP) is 2.28. The summed E-state index contributed by atoms with van der Waals surface area (Å²) < 4.78 is 36.9. The van der Waals surface area contributed by atoms with Crippen LogP contribution in [0, 0.1) is 11.7 Å². The highest BCUT2D eigenvalue weighted by atomic mass is 79.9. The van der Waals surface area contributed by atoms with E-state index in [-0.39, 0.29) is 29.3 Å². The monoisotopic (exact) mass is 335 g/mol. The van der Waals surface area contributed by atoms with E-state index in [1.165, 1.54) is 6.07 Å². The zero-order valence-electron chi connectivity index (χ0n) is 9.99. The molecule has 2 atom stereocenters. The fraction of sp³-hybridized carbons (Fsp3) is 0.500. The zero-order valence-corrected chi connectivity index (χ0v) is 12.4. The van der Waals surface area contributed by atoms with Crippen LogP contribution >= 0.6 is 15.9 Å². The SMILES string of the molecule is CNC(c1ccc(Br)c(F)c1)C1CCS(=O)(=O)C1. The van der Waals surface area contributed by atoms with Crippen molar-refractivity contribution in [2.24, 2.45) is 5.92 Å². The van der Waals surface area contributed by atoms with E-state index in [4.69, 9.17) is 0 Å². The number of rotatable bonds is 3. The molecule has 1 fully saturated rings. The van der Waals surface area contributed by atoms with Crippen molar-refractivity contribution in [1.82, 2.24) is 5.32 Å². The Labute approximate surface area is 115 Å². The van der Waals surface area contributed by atoms with E-state index < -0.39 is 9.84 Å². The summed E-state index contributed by atoms with van der Waals surface area (Å²) in [5.74, 6) is 0.0968. The third-order valence-electron chi connectivity index (χ3n) is 3.35. The highest BCUT2D eigenvalue weighted by Gasteiger charge is 2.33. The van der Waals surface area contributed by atoms with Crippen LogP contribution in [0.15, 0.2) is 22.7 Å². The third kappa shape index (κ3) is 2.92. The van der Waals surface area contributed by atoms with Gasteiger partial charge < -0.3 is 5.32 Å². The molecule has 2 unspecified atom stereocenters. The molecule has 1 aromatic rings. The van der Waals surface area contributed by atoms with Gasteiger partial charge in [0.15, 0.2) is 9.84 Å². The molecule has 1 aliphatic rings. The van der Waals surface area contributed by atoms with Crippen molar-refractivity contribution in [3.8, 4) is 0 Å². The molecule has 6 heteroatoms. The zero-order chi connectivity index (χ0) is 13.3. The molecule has 1 heterocycles. The summed E-state index contributed by atoms with van der Waals surface area (Å²) in [4.78, 5) is 0. The molecule has 3 nitrogen and oxygen atoms in total. The van der Waals surface area contributed by atoms with Gasteiger partial charge in [-0.25, -0.2) is 12.8 Å². The Kier molecular flexibility index (Phi) is 4.08. The Balaban J connectivity index is 2.26. The highest BCUT2D eigenvalue weighted by molar-refractivity contribution is 9.10. The molecule has 100 valence electrons. The molecule has 0 saturated carbocycles. The molecule has 1 saturated heterocycles. The molecule has 1 aromatic carbocycles. The van der Waals surface area contributed by atoms with Crippen LogP contribution in [-0.4, -0.2) is 27.0 Å². The Morgan fingerprint density at radius 3 is 2.72 bits per heavy atom. The van der Waals surface area contributed by atoms with Crippen molar-refractivity contribution in [2.45, 2.75) is 12.5 Å². The van der Waals surface area contributed by atoms with Crippen LogP contribution in [0.25, 0.3) is 0 Å². The summed E-state index contributed by atoms with van der Waals surface area (Å²) in [5.41, 5.74) is 0.792. The van der Waals surface area contributed by atoms with Crippen molar-refractivity contribution in [3.05, 3.63) is 34.1 Å². The Morgan fingerprint density at radius 2 is 2.22 bits per heavy atom. The van der Waals surface area contributed by atoms with Crippen molar-refractivity contribution in [1.29, 1.82) is 0 Å². The van der Waals surface area contributed by atoms with Gasteiger partial charge in [0.05, 0.1) is 16.0 Å². The molecule has 18 heavy (non-hydrogen) atoms. The minimum Gasteiger partial charge on any atom is -0.313 e. The van der Waals surface area contributed by atoms with Gasteiger partial charge in [0.2, 0.25) is 0 Å². The Hall–Kier alpha value is -0.460. The first-order valence-corrected chi connectivity index (χ1v) is 8.37. The molecule has 0 amide bonds. The lowest BCUT2D eigenvalue weighted by atomic mass is 9.92. The summed E-state index contributed by atoms with van der Waals surface area (Å²) in [6.45, 7) is 0. The first kappa shape index (κ1) is 14.0. The van der Waals surface area contributed by atoms with E-state index in [1.807, 2.05) is 6.07 Å². The molecule has 1 N–H and O–H groups in total. The molecule has 0 spiro atoms. The summed E-state index contributed by atoms with van der Waals surface area (Å²) in [5, 5.41) is 3.10. The van der Waals surface area contributed by atoms with Crippen LogP contribution in [0.5, 0.6) is 0 Å². The molecule has 2 rings (SSSR count). The van der Waals surface area contributed by atoms with Gasteiger partial charge in [-0.15, -0.1) is 0 Å². The number of hydrogen-bond donors (Lipinski definition) is 1. The average molecular weight is 336 g/mol. The lowest BCUT2D eigenvalue weighted by Crippen LogP contribution is -2.26. The Bertz CT molecular complexity index is 547. The lowest BCUT2D eigenvalue weighted by molar-refractivity contribution is 0.417. The third-order valence-corrected chi connectivity index (χ3v) is 5.79. The fourth-order valence-electron chi connectivity index (χ4n) is 2.47. The maximum Gasteiger partial charge on any atom is 0.150 e. The number of halogens is 2. The summed E-state index contributed by atoms with van der Waals surface area (Å²) >= 11 is 3.11. The van der Waals surface area contributed by atoms with E-state index >= 15 is 0 Å². The first-order chi connectivity index (χ1) is 8.43. The number of nitrogens with one attached hydrogen (secondary N) is 1. The van der Waals surface area contributed by atoms with Gasteiger partial charge in [0.1, 0.15) is 5.82 Å². The number of benzene rings is 1. The Morgan fingerprint density at radius 1 is 1.50 bits per heavy atom. The number of hydrogen-bond acceptors (Lipinski definition) is 3. The topological polar surface area (TPSA) is 46.2 Å². The molecule has 0 radical (unpaired) electrons. The van der Waals surface area contributed by atoms with Crippen LogP contribution in [0.4, 0.5) is 4.39 Å². The summed E-state index contributed by atoms with van der Waals surface area (Å²) in [6, 6.07) is 4.80. The quantitative estimate of drug-likeness (QED) is 0.921. The molecule has 0 aliphatic carbocycles. The fourth-order valence-corrected chi connectivity index (χ4v) is 4.55. The van der Waals surface area contributed by atoms with Crippen LogP contribution in [0.1, 0.15) is 18.0 Å². The van der Waals surface area contributed by atoms with Crippen molar-refractivity contribution in [2.75, 3.05) is 18.6 Å². The van der Waals surface area contributed by atoms with Gasteiger partial charge in [-0.05, 0) is 53.0 Å². The molecular formula is C12H15BrFNO2S. The molecule has 0 bridgehead atoms. The van der Waals surface area contributed by atoms with E-state index in [0.29, 0.717) is 10.9 Å². The second-order valence-electron chi connectivity index (χ2n) is 4.60. The number of sulfone groups is 1. The second-order valence-corrected chi connectivity index (χ2v) is 7.69. The van der Waals surface area contributed by atoms with Crippen molar-refractivity contribution < 1.29 is 12.8 Å².